The highest BCUT2D eigenvalue weighted by Gasteiger charge is 2.31. The van der Waals surface area contributed by atoms with Crippen molar-refractivity contribution in [3.05, 3.63) is 65.2 Å². The number of alkyl halides is 3. The zero-order chi connectivity index (χ0) is 16.2. The Hall–Kier alpha value is -1.99. The van der Waals surface area contributed by atoms with Gasteiger partial charge < -0.3 is 10.4 Å². The van der Waals surface area contributed by atoms with Crippen molar-refractivity contribution in [1.29, 1.82) is 0 Å². The third-order valence-electron chi connectivity index (χ3n) is 3.04. The van der Waals surface area contributed by atoms with Gasteiger partial charge in [-0.05, 0) is 41.5 Å². The van der Waals surface area contributed by atoms with E-state index >= 15 is 0 Å². The second kappa shape index (κ2) is 6.85. The summed E-state index contributed by atoms with van der Waals surface area (Å²) in [5.74, 6) is -0.943. The number of pyridine rings is 1. The normalized spacial score (nSPS) is 13.1. The van der Waals surface area contributed by atoms with Gasteiger partial charge in [0.2, 0.25) is 0 Å². The first-order valence-electron chi connectivity index (χ1n) is 6.51. The molecule has 0 saturated heterocycles. The van der Waals surface area contributed by atoms with E-state index in [0.717, 1.165) is 12.1 Å². The van der Waals surface area contributed by atoms with Crippen molar-refractivity contribution >= 4 is 0 Å². The molecule has 0 aliphatic heterocycles. The summed E-state index contributed by atoms with van der Waals surface area (Å²) in [4.78, 5) is 3.82. The second-order valence-electron chi connectivity index (χ2n) is 4.77. The molecule has 2 aromatic rings. The van der Waals surface area contributed by atoms with E-state index in [4.69, 9.17) is 0 Å². The Labute approximate surface area is 124 Å². The molecule has 1 aromatic carbocycles. The average Bonchev–Trinajstić information content (AvgIpc) is 2.46. The van der Waals surface area contributed by atoms with Crippen LogP contribution in [0, 0.1) is 5.82 Å². The van der Waals surface area contributed by atoms with Crippen LogP contribution in [0.1, 0.15) is 22.8 Å². The van der Waals surface area contributed by atoms with Crippen LogP contribution in [0.4, 0.5) is 17.6 Å². The topological polar surface area (TPSA) is 45.1 Å². The molecule has 1 unspecified atom stereocenters. The number of aromatic nitrogens is 1. The maximum atomic E-state index is 13.2. The van der Waals surface area contributed by atoms with E-state index in [1.54, 1.807) is 12.1 Å². The third kappa shape index (κ3) is 4.51. The van der Waals surface area contributed by atoms with Crippen molar-refractivity contribution in [2.45, 2.75) is 18.8 Å². The minimum Gasteiger partial charge on any atom is -0.387 e. The van der Waals surface area contributed by atoms with Gasteiger partial charge in [0.05, 0.1) is 11.7 Å². The van der Waals surface area contributed by atoms with Gasteiger partial charge in [-0.2, -0.15) is 13.2 Å². The van der Waals surface area contributed by atoms with Crippen molar-refractivity contribution in [2.75, 3.05) is 6.54 Å². The van der Waals surface area contributed by atoms with Gasteiger partial charge in [0, 0.05) is 25.5 Å². The van der Waals surface area contributed by atoms with Crippen LogP contribution in [0.3, 0.4) is 0 Å². The lowest BCUT2D eigenvalue weighted by Gasteiger charge is -2.13. The molecule has 0 saturated carbocycles. The largest absolute Gasteiger partial charge is 0.416 e. The zero-order valence-corrected chi connectivity index (χ0v) is 11.4. The van der Waals surface area contributed by atoms with Crippen LogP contribution in [0.15, 0.2) is 42.7 Å². The Morgan fingerprint density at radius 2 is 1.82 bits per heavy atom. The minimum atomic E-state index is -4.59. The van der Waals surface area contributed by atoms with Crippen molar-refractivity contribution in [3.8, 4) is 0 Å². The van der Waals surface area contributed by atoms with Crippen LogP contribution < -0.4 is 5.32 Å². The Morgan fingerprint density at radius 1 is 1.14 bits per heavy atom. The monoisotopic (exact) mass is 314 g/mol. The van der Waals surface area contributed by atoms with Gasteiger partial charge in [-0.3, -0.25) is 4.98 Å². The quantitative estimate of drug-likeness (QED) is 0.834. The van der Waals surface area contributed by atoms with Crippen LogP contribution in [-0.2, 0) is 12.7 Å². The van der Waals surface area contributed by atoms with E-state index < -0.39 is 23.7 Å². The van der Waals surface area contributed by atoms with E-state index in [-0.39, 0.29) is 18.7 Å². The van der Waals surface area contributed by atoms with E-state index in [0.29, 0.717) is 11.6 Å². The summed E-state index contributed by atoms with van der Waals surface area (Å²) in [6.07, 6.45) is -2.35. The van der Waals surface area contributed by atoms with Gasteiger partial charge in [0.25, 0.3) is 0 Å². The van der Waals surface area contributed by atoms with E-state index in [9.17, 15) is 22.7 Å². The second-order valence-corrected chi connectivity index (χ2v) is 4.77. The summed E-state index contributed by atoms with van der Waals surface area (Å²) < 4.78 is 51.0. The number of hydrogen-bond acceptors (Lipinski definition) is 3. The van der Waals surface area contributed by atoms with Crippen LogP contribution in [0.2, 0.25) is 0 Å². The molecule has 1 atom stereocenters. The molecular weight excluding hydrogens is 300 g/mol. The summed E-state index contributed by atoms with van der Waals surface area (Å²) in [6.45, 7) is 0.144. The van der Waals surface area contributed by atoms with Crippen molar-refractivity contribution in [1.82, 2.24) is 10.3 Å². The van der Waals surface area contributed by atoms with E-state index in [2.05, 4.69) is 10.3 Å². The average molecular weight is 314 g/mol. The molecule has 0 aliphatic rings. The van der Waals surface area contributed by atoms with E-state index in [1.807, 2.05) is 0 Å². The first-order chi connectivity index (χ1) is 10.4. The number of rotatable bonds is 5. The molecule has 0 bridgehead atoms. The molecule has 2 N–H and O–H groups in total. The lowest BCUT2D eigenvalue weighted by atomic mass is 10.1. The van der Waals surface area contributed by atoms with E-state index in [1.165, 1.54) is 12.4 Å². The molecule has 0 fully saturated rings. The first kappa shape index (κ1) is 16.4. The molecule has 1 aromatic heterocycles. The first-order valence-corrected chi connectivity index (χ1v) is 6.51. The van der Waals surface area contributed by atoms with Crippen molar-refractivity contribution < 1.29 is 22.7 Å². The molecule has 118 valence electrons. The molecule has 0 radical (unpaired) electrons. The third-order valence-corrected chi connectivity index (χ3v) is 3.04. The van der Waals surface area contributed by atoms with Crippen LogP contribution in [0.5, 0.6) is 0 Å². The highest BCUT2D eigenvalue weighted by molar-refractivity contribution is 5.26. The SMILES string of the molecule is OC(CNCc1cc(F)cc(C(F)(F)F)c1)c1ccncc1. The number of hydrogen-bond donors (Lipinski definition) is 2. The zero-order valence-electron chi connectivity index (χ0n) is 11.4. The van der Waals surface area contributed by atoms with Crippen LogP contribution in [0.25, 0.3) is 0 Å². The fraction of sp³-hybridized carbons (Fsp3) is 0.267. The van der Waals surface area contributed by atoms with Crippen LogP contribution >= 0.6 is 0 Å². The fourth-order valence-electron chi connectivity index (χ4n) is 1.97. The molecule has 7 heteroatoms. The molecule has 0 amide bonds. The Bertz CT molecular complexity index is 617. The maximum Gasteiger partial charge on any atom is 0.416 e. The van der Waals surface area contributed by atoms with Gasteiger partial charge in [-0.15, -0.1) is 0 Å². The highest BCUT2D eigenvalue weighted by atomic mass is 19.4. The Morgan fingerprint density at radius 3 is 2.45 bits per heavy atom. The molecular formula is C15H14F4N2O. The number of halogens is 4. The number of nitrogens with zero attached hydrogens (tertiary/aromatic N) is 1. The molecule has 1 heterocycles. The summed E-state index contributed by atoms with van der Waals surface area (Å²) in [7, 11) is 0. The fourth-order valence-corrected chi connectivity index (χ4v) is 1.97. The van der Waals surface area contributed by atoms with Gasteiger partial charge >= 0.3 is 6.18 Å². The predicted octanol–water partition coefficient (Wildman–Crippen LogP) is 3.06. The number of nitrogens with one attached hydrogen (secondary N) is 1. The summed E-state index contributed by atoms with van der Waals surface area (Å²) in [5.41, 5.74) is -0.231. The number of aliphatic hydroxyl groups is 1. The summed E-state index contributed by atoms with van der Waals surface area (Å²) >= 11 is 0. The van der Waals surface area contributed by atoms with Gasteiger partial charge in [0.1, 0.15) is 5.82 Å². The Kier molecular flexibility index (Phi) is 5.10. The van der Waals surface area contributed by atoms with Crippen molar-refractivity contribution in [3.63, 3.8) is 0 Å². The molecule has 0 spiro atoms. The predicted molar refractivity (Wildman–Crippen MR) is 72.3 cm³/mol. The molecule has 2 rings (SSSR count). The maximum absolute atomic E-state index is 13.2. The molecule has 3 nitrogen and oxygen atoms in total. The van der Waals surface area contributed by atoms with Crippen LogP contribution in [-0.4, -0.2) is 16.6 Å². The lowest BCUT2D eigenvalue weighted by molar-refractivity contribution is -0.137. The minimum absolute atomic E-state index is 0.0168. The van der Waals surface area contributed by atoms with Crippen molar-refractivity contribution in [2.24, 2.45) is 0 Å². The van der Waals surface area contributed by atoms with Gasteiger partial charge in [-0.1, -0.05) is 0 Å². The Balaban J connectivity index is 1.96. The number of aliphatic hydroxyl groups excluding tert-OH is 1. The van der Waals surface area contributed by atoms with Gasteiger partial charge in [-0.25, -0.2) is 4.39 Å². The lowest BCUT2D eigenvalue weighted by Crippen LogP contribution is -2.21. The standard InChI is InChI=1S/C15H14F4N2O/c16-13-6-10(5-12(7-13)15(17,18)19)8-21-9-14(22)11-1-3-20-4-2-11/h1-7,14,21-22H,8-9H2. The highest BCUT2D eigenvalue weighted by Crippen LogP contribution is 2.30. The molecule has 0 aliphatic carbocycles. The summed E-state index contributed by atoms with van der Waals surface area (Å²) in [5, 5.41) is 12.7. The number of benzene rings is 1. The smallest absolute Gasteiger partial charge is 0.387 e. The summed E-state index contributed by atoms with van der Waals surface area (Å²) in [6, 6.07) is 5.64. The molecule has 22 heavy (non-hydrogen) atoms. The van der Waals surface area contributed by atoms with Gasteiger partial charge in [0.15, 0.2) is 0 Å².